The molecule has 1 aromatic carbocycles. The Bertz CT molecular complexity index is 592. The van der Waals surface area contributed by atoms with Crippen molar-refractivity contribution in [3.63, 3.8) is 0 Å². The van der Waals surface area contributed by atoms with Gasteiger partial charge >= 0.3 is 12.4 Å². The lowest BCUT2D eigenvalue weighted by atomic mass is 10.0. The van der Waals surface area contributed by atoms with Crippen molar-refractivity contribution in [1.82, 2.24) is 4.90 Å². The van der Waals surface area contributed by atoms with Gasteiger partial charge in [0.2, 0.25) is 5.91 Å². The molecule has 0 aliphatic carbocycles. The number of carbonyl (C=O) groups excluding carboxylic acids is 2. The number of rotatable bonds is 3. The van der Waals surface area contributed by atoms with E-state index in [9.17, 15) is 35.9 Å². The Balaban J connectivity index is 3.41. The third kappa shape index (κ3) is 4.36. The molecule has 2 N–H and O–H groups in total. The molecule has 0 aliphatic rings. The molecule has 0 heterocycles. The van der Waals surface area contributed by atoms with Crippen LogP contribution in [0.25, 0.3) is 0 Å². The summed E-state index contributed by atoms with van der Waals surface area (Å²) >= 11 is 0. The first-order valence-electron chi connectivity index (χ1n) is 6.11. The smallest absolute Gasteiger partial charge is 0.368 e. The quantitative estimate of drug-likeness (QED) is 0.859. The second kappa shape index (κ2) is 6.09. The highest BCUT2D eigenvalue weighted by Crippen LogP contribution is 2.36. The van der Waals surface area contributed by atoms with Gasteiger partial charge in [0.1, 0.15) is 6.04 Å². The molecular formula is C13H12F6N2O2. The van der Waals surface area contributed by atoms with Gasteiger partial charge in [-0.15, -0.1) is 0 Å². The van der Waals surface area contributed by atoms with Crippen LogP contribution in [0, 0.1) is 0 Å². The van der Waals surface area contributed by atoms with Crippen LogP contribution in [0.1, 0.15) is 28.4 Å². The van der Waals surface area contributed by atoms with E-state index in [0.29, 0.717) is 17.0 Å². The van der Waals surface area contributed by atoms with E-state index in [-0.39, 0.29) is 6.07 Å². The summed E-state index contributed by atoms with van der Waals surface area (Å²) in [5.41, 5.74) is 0.884. The summed E-state index contributed by atoms with van der Waals surface area (Å²) in [4.78, 5) is 23.7. The maximum atomic E-state index is 12.7. The van der Waals surface area contributed by atoms with Crippen molar-refractivity contribution in [2.75, 3.05) is 7.05 Å². The minimum Gasteiger partial charge on any atom is -0.368 e. The lowest BCUT2D eigenvalue weighted by molar-refractivity contribution is -0.143. The van der Waals surface area contributed by atoms with E-state index in [1.54, 1.807) is 0 Å². The topological polar surface area (TPSA) is 63.4 Å². The molecule has 128 valence electrons. The van der Waals surface area contributed by atoms with Crippen LogP contribution in [0.3, 0.4) is 0 Å². The Labute approximate surface area is 126 Å². The fourth-order valence-electron chi connectivity index (χ4n) is 1.65. The average Bonchev–Trinajstić information content (AvgIpc) is 2.42. The van der Waals surface area contributed by atoms with Crippen molar-refractivity contribution in [3.05, 3.63) is 34.9 Å². The number of primary amides is 1. The number of hydrogen-bond donors (Lipinski definition) is 1. The molecule has 0 saturated carbocycles. The van der Waals surface area contributed by atoms with Crippen LogP contribution in [-0.2, 0) is 17.1 Å². The molecule has 4 nitrogen and oxygen atoms in total. The first-order valence-corrected chi connectivity index (χ1v) is 6.11. The van der Waals surface area contributed by atoms with Crippen LogP contribution >= 0.6 is 0 Å². The Morgan fingerprint density at radius 1 is 1.00 bits per heavy atom. The maximum Gasteiger partial charge on any atom is 0.416 e. The highest BCUT2D eigenvalue weighted by Gasteiger charge is 2.38. The summed E-state index contributed by atoms with van der Waals surface area (Å²) in [6.07, 6.45) is -10.1. The summed E-state index contributed by atoms with van der Waals surface area (Å²) < 4.78 is 76.3. The first kappa shape index (κ1) is 18.8. The predicted molar refractivity (Wildman–Crippen MR) is 67.2 cm³/mol. The minimum atomic E-state index is -5.07. The molecule has 0 saturated heterocycles. The molecule has 1 aromatic rings. The number of benzene rings is 1. The second-order valence-corrected chi connectivity index (χ2v) is 4.79. The molecule has 1 atom stereocenters. The Morgan fingerprint density at radius 3 is 1.70 bits per heavy atom. The van der Waals surface area contributed by atoms with Gasteiger partial charge in [-0.3, -0.25) is 9.59 Å². The van der Waals surface area contributed by atoms with Gasteiger partial charge in [0.25, 0.3) is 5.91 Å². The van der Waals surface area contributed by atoms with Gasteiger partial charge in [0.05, 0.1) is 11.1 Å². The zero-order chi connectivity index (χ0) is 18.2. The number of carbonyl (C=O) groups is 2. The molecule has 1 rings (SSSR count). The van der Waals surface area contributed by atoms with E-state index >= 15 is 0 Å². The highest BCUT2D eigenvalue weighted by atomic mass is 19.4. The fraction of sp³-hybridized carbons (Fsp3) is 0.385. The third-order valence-corrected chi connectivity index (χ3v) is 3.15. The molecule has 0 bridgehead atoms. The summed E-state index contributed by atoms with van der Waals surface area (Å²) in [6.45, 7) is 1.19. The third-order valence-electron chi connectivity index (χ3n) is 3.15. The zero-order valence-corrected chi connectivity index (χ0v) is 11.9. The molecule has 0 fully saturated rings. The Morgan fingerprint density at radius 2 is 1.39 bits per heavy atom. The number of amides is 2. The van der Waals surface area contributed by atoms with Gasteiger partial charge in [0.15, 0.2) is 0 Å². The van der Waals surface area contributed by atoms with Crippen LogP contribution in [0.5, 0.6) is 0 Å². The Kier molecular flexibility index (Phi) is 4.97. The van der Waals surface area contributed by atoms with E-state index in [1.807, 2.05) is 0 Å². The van der Waals surface area contributed by atoms with Crippen molar-refractivity contribution in [2.24, 2.45) is 5.73 Å². The van der Waals surface area contributed by atoms with Crippen molar-refractivity contribution in [1.29, 1.82) is 0 Å². The fourth-order valence-corrected chi connectivity index (χ4v) is 1.65. The maximum absolute atomic E-state index is 12.7. The number of hydrogen-bond acceptors (Lipinski definition) is 2. The highest BCUT2D eigenvalue weighted by molar-refractivity contribution is 5.97. The molecule has 0 aliphatic heterocycles. The van der Waals surface area contributed by atoms with Gasteiger partial charge in [-0.05, 0) is 25.1 Å². The molecule has 23 heavy (non-hydrogen) atoms. The van der Waals surface area contributed by atoms with Crippen LogP contribution in [0.4, 0.5) is 26.3 Å². The number of halogens is 6. The largest absolute Gasteiger partial charge is 0.416 e. The minimum absolute atomic E-state index is 0.0890. The molecule has 1 unspecified atom stereocenters. The first-order chi connectivity index (χ1) is 10.2. The van der Waals surface area contributed by atoms with Crippen LogP contribution in [0.2, 0.25) is 0 Å². The molecule has 0 aromatic heterocycles. The van der Waals surface area contributed by atoms with E-state index in [1.165, 1.54) is 6.92 Å². The summed E-state index contributed by atoms with van der Waals surface area (Å²) in [7, 11) is 1.05. The standard InChI is InChI=1S/C13H12F6N2O2/c1-6(10(20)22)21(2)11(23)7-3-8(12(14,15)16)5-9(4-7)13(17,18)19/h3-6H,1-2H3,(H2,20,22). The van der Waals surface area contributed by atoms with Gasteiger partial charge in [-0.1, -0.05) is 0 Å². The number of nitrogens with zero attached hydrogens (tertiary/aromatic N) is 1. The van der Waals surface area contributed by atoms with E-state index in [0.717, 1.165) is 7.05 Å². The van der Waals surface area contributed by atoms with E-state index in [2.05, 4.69) is 0 Å². The number of likely N-dealkylation sites (N-methyl/N-ethyl adjacent to an activating group) is 1. The van der Waals surface area contributed by atoms with Crippen molar-refractivity contribution < 1.29 is 35.9 Å². The molecule has 0 radical (unpaired) electrons. The van der Waals surface area contributed by atoms with Crippen LogP contribution < -0.4 is 5.73 Å². The second-order valence-electron chi connectivity index (χ2n) is 4.79. The average molecular weight is 342 g/mol. The van der Waals surface area contributed by atoms with Crippen molar-refractivity contribution >= 4 is 11.8 Å². The predicted octanol–water partition coefficient (Wildman–Crippen LogP) is 2.67. The summed E-state index contributed by atoms with van der Waals surface area (Å²) in [5.74, 6) is -2.14. The van der Waals surface area contributed by atoms with Gasteiger partial charge in [0, 0.05) is 12.6 Å². The summed E-state index contributed by atoms with van der Waals surface area (Å²) in [5, 5.41) is 0. The lowest BCUT2D eigenvalue weighted by Crippen LogP contribution is -2.43. The van der Waals surface area contributed by atoms with Crippen molar-refractivity contribution in [3.8, 4) is 0 Å². The van der Waals surface area contributed by atoms with Gasteiger partial charge < -0.3 is 10.6 Å². The van der Waals surface area contributed by atoms with Gasteiger partial charge in [-0.25, -0.2) is 0 Å². The van der Waals surface area contributed by atoms with Crippen LogP contribution in [-0.4, -0.2) is 29.8 Å². The lowest BCUT2D eigenvalue weighted by Gasteiger charge is -2.23. The Hall–Kier alpha value is -2.26. The summed E-state index contributed by atoms with van der Waals surface area (Å²) in [6, 6.07) is -0.705. The number of alkyl halides is 6. The van der Waals surface area contributed by atoms with Crippen LogP contribution in [0.15, 0.2) is 18.2 Å². The molecular weight excluding hydrogens is 330 g/mol. The SMILES string of the molecule is CC(C(N)=O)N(C)C(=O)c1cc(C(F)(F)F)cc(C(F)(F)F)c1. The molecule has 0 spiro atoms. The normalized spacial score (nSPS) is 13.6. The van der Waals surface area contributed by atoms with Crippen molar-refractivity contribution in [2.45, 2.75) is 25.3 Å². The van der Waals surface area contributed by atoms with Gasteiger partial charge in [-0.2, -0.15) is 26.3 Å². The van der Waals surface area contributed by atoms with E-state index < -0.39 is 46.9 Å². The molecule has 2 amide bonds. The number of nitrogens with two attached hydrogens (primary N) is 1. The monoisotopic (exact) mass is 342 g/mol. The van der Waals surface area contributed by atoms with E-state index in [4.69, 9.17) is 5.73 Å². The molecule has 10 heteroatoms. The zero-order valence-electron chi connectivity index (χ0n) is 11.9.